The van der Waals surface area contributed by atoms with E-state index in [2.05, 4.69) is 46.0 Å². The van der Waals surface area contributed by atoms with Crippen molar-refractivity contribution in [2.75, 3.05) is 46.2 Å². The number of hydrogen-bond donors (Lipinski definition) is 4. The molecular formula is C41H71NO9. The molecule has 10 nitrogen and oxygen atoms in total. The highest BCUT2D eigenvalue weighted by Gasteiger charge is 2.59. The van der Waals surface area contributed by atoms with Crippen LogP contribution in [0.3, 0.4) is 0 Å². The van der Waals surface area contributed by atoms with Crippen molar-refractivity contribution >= 4 is 5.91 Å². The number of carbonyl (C=O) groups is 1. The Balaban J connectivity index is 1.01. The minimum absolute atomic E-state index is 0.124. The molecule has 0 spiro atoms. The molecule has 0 aromatic heterocycles. The molecule has 1 saturated heterocycles. The van der Waals surface area contributed by atoms with Gasteiger partial charge in [0.05, 0.1) is 55.0 Å². The smallest absolute Gasteiger partial charge is 0.217 e. The maximum atomic E-state index is 11.6. The fraction of sp³-hybridized carbons (Fsp3) is 0.927. The van der Waals surface area contributed by atoms with E-state index in [1.165, 1.54) is 64.7 Å². The van der Waals surface area contributed by atoms with Gasteiger partial charge in [-0.1, -0.05) is 65.5 Å². The summed E-state index contributed by atoms with van der Waals surface area (Å²) in [5.74, 6) is 4.50. The van der Waals surface area contributed by atoms with Gasteiger partial charge in [-0.25, -0.2) is 0 Å². The van der Waals surface area contributed by atoms with Crippen LogP contribution in [0.2, 0.25) is 0 Å². The van der Waals surface area contributed by atoms with Crippen LogP contribution in [0.25, 0.3) is 0 Å². The van der Waals surface area contributed by atoms with Gasteiger partial charge in [-0.3, -0.25) is 4.79 Å². The van der Waals surface area contributed by atoms with Gasteiger partial charge in [0.1, 0.15) is 24.4 Å². The first-order valence-corrected chi connectivity index (χ1v) is 20.1. The number of amides is 1. The molecule has 3 saturated carbocycles. The minimum Gasteiger partial charge on any atom is -0.394 e. The van der Waals surface area contributed by atoms with E-state index >= 15 is 0 Å². The van der Waals surface area contributed by atoms with Crippen LogP contribution in [-0.4, -0.2) is 104 Å². The lowest BCUT2D eigenvalue weighted by Crippen LogP contribution is -2.64. The molecule has 4 N–H and O–H groups in total. The highest BCUT2D eigenvalue weighted by atomic mass is 16.7. The molecule has 13 atom stereocenters. The first-order chi connectivity index (χ1) is 25.1. The highest BCUT2D eigenvalue weighted by Crippen LogP contribution is 2.67. The molecule has 10 heteroatoms. The molecule has 294 valence electrons. The third-order valence-corrected chi connectivity index (χ3v) is 13.8. The van der Waals surface area contributed by atoms with Crippen LogP contribution in [0.15, 0.2) is 11.6 Å². The standard InChI is InChI=1S/C41H71NO9/c1-26(2)8-7-9-27(3)32-12-13-33-31-11-10-29-24-30(14-16-40(29,5)34(31)15-17-41(32,33)6)49-22-20-47-18-19-48-21-23-50-39-36(42-28(4)44)38(46)37(45)35(25-43)51-39/h10,26-27,30-39,43,45-46H,7-9,11-25H2,1-6H3,(H,42,44)/t27-,30+,31+,32-,33+,34+,35-,36-,37-,38-,39-,40+,41-/m1/s1/i19D2. The fourth-order valence-electron chi connectivity index (χ4n) is 11.1. The van der Waals surface area contributed by atoms with Gasteiger partial charge in [0, 0.05) is 6.92 Å². The van der Waals surface area contributed by atoms with E-state index < -0.39 is 49.7 Å². The van der Waals surface area contributed by atoms with Gasteiger partial charge in [0.15, 0.2) is 6.29 Å². The molecule has 0 radical (unpaired) electrons. The van der Waals surface area contributed by atoms with E-state index in [0.29, 0.717) is 12.0 Å². The van der Waals surface area contributed by atoms with Crippen LogP contribution in [0, 0.1) is 46.3 Å². The molecule has 1 heterocycles. The number of fused-ring (bicyclic) bond motifs is 5. The van der Waals surface area contributed by atoms with Gasteiger partial charge in [0.25, 0.3) is 0 Å². The maximum absolute atomic E-state index is 11.6. The molecule has 0 aromatic rings. The summed E-state index contributed by atoms with van der Waals surface area (Å²) in [6.45, 7) is 11.2. The van der Waals surface area contributed by atoms with Gasteiger partial charge < -0.3 is 44.3 Å². The minimum atomic E-state index is -2.07. The second-order valence-corrected chi connectivity index (χ2v) is 17.4. The molecule has 1 amide bonds. The lowest BCUT2D eigenvalue weighted by atomic mass is 9.47. The van der Waals surface area contributed by atoms with Gasteiger partial charge in [-0.2, -0.15) is 0 Å². The van der Waals surface area contributed by atoms with Gasteiger partial charge >= 0.3 is 0 Å². The van der Waals surface area contributed by atoms with Crippen LogP contribution in [0.1, 0.15) is 115 Å². The fourth-order valence-corrected chi connectivity index (χ4v) is 11.1. The molecule has 0 unspecified atom stereocenters. The number of aliphatic hydroxyl groups is 3. The zero-order chi connectivity index (χ0) is 38.6. The SMILES string of the molecule is [2H]C([2H])(COCCO[C@H]1CC[C@@]2(C)C(=CC[C@H]3[C@@H]4CC[C@H]([C@H](C)CCCC(C)C)[C@@]4(C)CC[C@@H]32)C1)OCCO[C@@H]1O[C@H](CO)[C@@H](O)[C@H](O)[C@H]1NC(C)=O. The van der Waals surface area contributed by atoms with Crippen LogP contribution >= 0.6 is 0 Å². The molecule has 1 aliphatic heterocycles. The molecule has 0 aromatic carbocycles. The van der Waals surface area contributed by atoms with Crippen molar-refractivity contribution < 1.29 is 46.5 Å². The lowest BCUT2D eigenvalue weighted by Gasteiger charge is -2.58. The molecule has 0 bridgehead atoms. The van der Waals surface area contributed by atoms with E-state index in [1.54, 1.807) is 5.57 Å². The Kier molecular flexibility index (Phi) is 13.8. The Labute approximate surface area is 310 Å². The Morgan fingerprint density at radius 1 is 0.980 bits per heavy atom. The molecule has 4 aliphatic carbocycles. The molecular weight excluding hydrogens is 650 g/mol. The quantitative estimate of drug-likeness (QED) is 0.108. The second kappa shape index (κ2) is 18.5. The monoisotopic (exact) mass is 724 g/mol. The molecule has 5 rings (SSSR count). The van der Waals surface area contributed by atoms with Crippen molar-refractivity contribution in [1.82, 2.24) is 5.32 Å². The maximum Gasteiger partial charge on any atom is 0.217 e. The normalized spacial score (nSPS) is 40.8. The van der Waals surface area contributed by atoms with Crippen molar-refractivity contribution in [1.29, 1.82) is 0 Å². The summed E-state index contributed by atoms with van der Waals surface area (Å²) in [7, 11) is 0. The number of nitrogens with one attached hydrogen (secondary N) is 1. The summed E-state index contributed by atoms with van der Waals surface area (Å²) in [6.07, 6.45) is 11.8. The summed E-state index contributed by atoms with van der Waals surface area (Å²) in [4.78, 5) is 11.6. The van der Waals surface area contributed by atoms with Crippen molar-refractivity contribution in [3.8, 4) is 0 Å². The van der Waals surface area contributed by atoms with E-state index in [0.717, 1.165) is 48.3 Å². The average Bonchev–Trinajstić information content (AvgIpc) is 3.46. The summed E-state index contributed by atoms with van der Waals surface area (Å²) in [6, 6.07) is -1.07. The van der Waals surface area contributed by atoms with Gasteiger partial charge in [0.2, 0.25) is 5.91 Å². The summed E-state index contributed by atoms with van der Waals surface area (Å²) >= 11 is 0. The topological polar surface area (TPSA) is 136 Å². The predicted molar refractivity (Wildman–Crippen MR) is 196 cm³/mol. The third kappa shape index (κ3) is 9.59. The van der Waals surface area contributed by atoms with Crippen LogP contribution in [0.4, 0.5) is 0 Å². The predicted octanol–water partition coefficient (Wildman–Crippen LogP) is 5.41. The molecule has 5 aliphatic rings. The largest absolute Gasteiger partial charge is 0.394 e. The Bertz CT molecular complexity index is 1220. The van der Waals surface area contributed by atoms with Gasteiger partial charge in [-0.05, 0) is 97.7 Å². The number of carbonyl (C=O) groups excluding carboxylic acids is 1. The Morgan fingerprint density at radius 3 is 2.49 bits per heavy atom. The Hall–Kier alpha value is -1.11. The summed E-state index contributed by atoms with van der Waals surface area (Å²) < 4.78 is 44.7. The number of allylic oxidation sites excluding steroid dienone is 1. The number of rotatable bonds is 18. The summed E-state index contributed by atoms with van der Waals surface area (Å²) in [5.41, 5.74) is 2.37. The summed E-state index contributed by atoms with van der Waals surface area (Å²) in [5, 5.41) is 32.5. The van der Waals surface area contributed by atoms with Crippen LogP contribution < -0.4 is 5.32 Å². The lowest BCUT2D eigenvalue weighted by molar-refractivity contribution is -0.272. The van der Waals surface area contributed by atoms with Crippen molar-refractivity contribution in [2.45, 2.75) is 149 Å². The molecule has 4 fully saturated rings. The van der Waals surface area contributed by atoms with E-state index in [9.17, 15) is 20.1 Å². The van der Waals surface area contributed by atoms with Crippen LogP contribution in [-0.2, 0) is 28.5 Å². The average molecular weight is 724 g/mol. The Morgan fingerprint density at radius 2 is 1.75 bits per heavy atom. The first kappa shape index (κ1) is 38.2. The zero-order valence-corrected chi connectivity index (χ0v) is 32.3. The third-order valence-electron chi connectivity index (χ3n) is 13.8. The number of ether oxygens (including phenoxy) is 5. The van der Waals surface area contributed by atoms with Crippen LogP contribution in [0.5, 0.6) is 0 Å². The van der Waals surface area contributed by atoms with Crippen molar-refractivity contribution in [2.24, 2.45) is 46.3 Å². The van der Waals surface area contributed by atoms with Crippen molar-refractivity contribution in [3.63, 3.8) is 0 Å². The second-order valence-electron chi connectivity index (χ2n) is 17.4. The van der Waals surface area contributed by atoms with Crippen molar-refractivity contribution in [3.05, 3.63) is 11.6 Å². The molecule has 51 heavy (non-hydrogen) atoms. The van der Waals surface area contributed by atoms with E-state index in [1.807, 2.05) is 0 Å². The zero-order valence-electron chi connectivity index (χ0n) is 34.3. The highest BCUT2D eigenvalue weighted by molar-refractivity contribution is 5.73. The number of hydrogen-bond acceptors (Lipinski definition) is 9. The number of aliphatic hydroxyl groups excluding tert-OH is 3. The van der Waals surface area contributed by atoms with E-state index in [4.69, 9.17) is 26.4 Å². The first-order valence-electron chi connectivity index (χ1n) is 21.1. The van der Waals surface area contributed by atoms with E-state index in [-0.39, 0.29) is 37.9 Å². The van der Waals surface area contributed by atoms with Gasteiger partial charge in [-0.15, -0.1) is 0 Å².